The summed E-state index contributed by atoms with van der Waals surface area (Å²) in [6, 6.07) is 10.4. The lowest BCUT2D eigenvalue weighted by atomic mass is 10.1. The lowest BCUT2D eigenvalue weighted by molar-refractivity contribution is -0.114. The van der Waals surface area contributed by atoms with Gasteiger partial charge >= 0.3 is 0 Å². The van der Waals surface area contributed by atoms with Gasteiger partial charge in [-0.05, 0) is 48.0 Å². The van der Waals surface area contributed by atoms with E-state index in [1.54, 1.807) is 42.5 Å². The highest BCUT2D eigenvalue weighted by molar-refractivity contribution is 8.27. The van der Waals surface area contributed by atoms with Crippen LogP contribution in [0.2, 0.25) is 0 Å². The summed E-state index contributed by atoms with van der Waals surface area (Å²) in [7, 11) is 4.60. The van der Waals surface area contributed by atoms with Crippen molar-refractivity contribution in [2.75, 3.05) is 31.5 Å². The number of hydrogen-bond acceptors (Lipinski definition) is 7. The van der Waals surface area contributed by atoms with Crippen molar-refractivity contribution in [3.05, 3.63) is 46.9 Å². The van der Waals surface area contributed by atoms with Gasteiger partial charge in [0, 0.05) is 12.6 Å². The molecular weight excluding hydrogens is 424 g/mol. The lowest BCUT2D eigenvalue weighted by Crippen LogP contribution is -2.27. The van der Waals surface area contributed by atoms with Gasteiger partial charge in [-0.15, -0.1) is 0 Å². The number of hydrogen-bond donors (Lipinski definition) is 1. The maximum Gasteiger partial charge on any atom is 0.270 e. The predicted octanol–water partition coefficient (Wildman–Crippen LogP) is 4.08. The monoisotopic (exact) mass is 444 g/mol. The maximum absolute atomic E-state index is 13.0. The SMILES string of the molecule is COc1cc(/C=C2\SC(=S)N(c3ccc(NC(C)=O)cc3)C2=O)cc(OC)c1OC. The van der Waals surface area contributed by atoms with Crippen molar-refractivity contribution >= 4 is 57.6 Å². The van der Waals surface area contributed by atoms with Crippen LogP contribution in [0.3, 0.4) is 0 Å². The normalized spacial score (nSPS) is 14.8. The van der Waals surface area contributed by atoms with E-state index in [0.29, 0.717) is 43.4 Å². The molecule has 0 bridgehead atoms. The Balaban J connectivity index is 1.91. The second-order valence-corrected chi connectivity index (χ2v) is 7.88. The number of benzene rings is 2. The third-order valence-electron chi connectivity index (χ3n) is 4.22. The first-order valence-corrected chi connectivity index (χ1v) is 10.1. The van der Waals surface area contributed by atoms with Gasteiger partial charge in [-0.25, -0.2) is 0 Å². The topological polar surface area (TPSA) is 77.1 Å². The quantitative estimate of drug-likeness (QED) is 0.531. The third-order valence-corrected chi connectivity index (χ3v) is 5.53. The van der Waals surface area contributed by atoms with Crippen molar-refractivity contribution in [2.45, 2.75) is 6.92 Å². The number of thiocarbonyl (C=S) groups is 1. The molecule has 0 radical (unpaired) electrons. The van der Waals surface area contributed by atoms with Gasteiger partial charge in [-0.3, -0.25) is 14.5 Å². The van der Waals surface area contributed by atoms with Crippen molar-refractivity contribution in [3.8, 4) is 17.2 Å². The standard InChI is InChI=1S/C21H20N2O5S2/c1-12(24)22-14-5-7-15(8-6-14)23-20(25)18(30-21(23)29)11-13-9-16(26-2)19(28-4)17(10-13)27-3/h5-11H,1-4H3,(H,22,24)/b18-11-. The fourth-order valence-electron chi connectivity index (χ4n) is 2.92. The zero-order chi connectivity index (χ0) is 21.8. The summed E-state index contributed by atoms with van der Waals surface area (Å²) in [6.45, 7) is 1.43. The molecule has 3 rings (SSSR count). The van der Waals surface area contributed by atoms with Crippen LogP contribution in [0.5, 0.6) is 17.2 Å². The molecule has 7 nitrogen and oxygen atoms in total. The molecule has 156 valence electrons. The second kappa shape index (κ2) is 9.19. The van der Waals surface area contributed by atoms with Crippen LogP contribution in [0.1, 0.15) is 12.5 Å². The van der Waals surface area contributed by atoms with E-state index >= 15 is 0 Å². The Kier molecular flexibility index (Phi) is 6.63. The molecule has 1 heterocycles. The molecule has 0 saturated carbocycles. The van der Waals surface area contributed by atoms with E-state index in [9.17, 15) is 9.59 Å². The predicted molar refractivity (Wildman–Crippen MR) is 122 cm³/mol. The van der Waals surface area contributed by atoms with Crippen LogP contribution in [0.4, 0.5) is 11.4 Å². The number of rotatable bonds is 6. The number of methoxy groups -OCH3 is 3. The molecule has 0 aliphatic carbocycles. The molecule has 0 aromatic heterocycles. The van der Waals surface area contributed by atoms with Crippen molar-refractivity contribution in [3.63, 3.8) is 0 Å². The van der Waals surface area contributed by atoms with E-state index in [-0.39, 0.29) is 11.8 Å². The summed E-state index contributed by atoms with van der Waals surface area (Å²) < 4.78 is 16.5. The molecule has 2 aromatic carbocycles. The second-order valence-electron chi connectivity index (χ2n) is 6.20. The summed E-state index contributed by atoms with van der Waals surface area (Å²) in [5.41, 5.74) is 1.98. The van der Waals surface area contributed by atoms with Gasteiger partial charge in [-0.1, -0.05) is 24.0 Å². The number of nitrogens with zero attached hydrogens (tertiary/aromatic N) is 1. The van der Waals surface area contributed by atoms with Crippen molar-refractivity contribution < 1.29 is 23.8 Å². The van der Waals surface area contributed by atoms with E-state index in [4.69, 9.17) is 26.4 Å². The van der Waals surface area contributed by atoms with E-state index < -0.39 is 0 Å². The Bertz CT molecular complexity index is 1010. The van der Waals surface area contributed by atoms with Crippen LogP contribution in [0, 0.1) is 0 Å². The average Bonchev–Trinajstić information content (AvgIpc) is 3.00. The molecule has 0 spiro atoms. The third kappa shape index (κ3) is 4.42. The Labute approximate surface area is 184 Å². The average molecular weight is 445 g/mol. The van der Waals surface area contributed by atoms with Crippen molar-refractivity contribution in [2.24, 2.45) is 0 Å². The minimum Gasteiger partial charge on any atom is -0.493 e. The van der Waals surface area contributed by atoms with Gasteiger partial charge in [0.15, 0.2) is 15.8 Å². The van der Waals surface area contributed by atoms with Crippen molar-refractivity contribution in [1.82, 2.24) is 0 Å². The van der Waals surface area contributed by atoms with Gasteiger partial charge in [-0.2, -0.15) is 0 Å². The zero-order valence-corrected chi connectivity index (χ0v) is 18.5. The fraction of sp³-hybridized carbons (Fsp3) is 0.190. The first-order chi connectivity index (χ1) is 14.4. The van der Waals surface area contributed by atoms with Crippen LogP contribution in [0.25, 0.3) is 6.08 Å². The van der Waals surface area contributed by atoms with Crippen molar-refractivity contribution in [1.29, 1.82) is 0 Å². The van der Waals surface area contributed by atoms with Gasteiger partial charge in [0.1, 0.15) is 0 Å². The van der Waals surface area contributed by atoms with Crippen LogP contribution >= 0.6 is 24.0 Å². The molecule has 1 N–H and O–H groups in total. The number of carbonyl (C=O) groups is 2. The molecule has 1 aliphatic rings. The Morgan fingerprint density at radius 2 is 1.67 bits per heavy atom. The Hall–Kier alpha value is -3.04. The minimum absolute atomic E-state index is 0.165. The smallest absolute Gasteiger partial charge is 0.270 e. The number of amides is 2. The van der Waals surface area contributed by atoms with E-state index in [2.05, 4.69) is 5.32 Å². The molecular formula is C21H20N2O5S2. The summed E-state index contributed by atoms with van der Waals surface area (Å²) in [5.74, 6) is 1.07. The van der Waals surface area contributed by atoms with Crippen LogP contribution in [-0.2, 0) is 9.59 Å². The summed E-state index contributed by atoms with van der Waals surface area (Å²) in [5, 5.41) is 2.69. The summed E-state index contributed by atoms with van der Waals surface area (Å²) >= 11 is 6.63. The molecule has 2 amide bonds. The zero-order valence-electron chi connectivity index (χ0n) is 16.8. The van der Waals surface area contributed by atoms with Crippen LogP contribution in [-0.4, -0.2) is 37.5 Å². The Morgan fingerprint density at radius 1 is 1.07 bits per heavy atom. The van der Waals surface area contributed by atoms with Crippen LogP contribution < -0.4 is 24.4 Å². The molecule has 30 heavy (non-hydrogen) atoms. The molecule has 0 atom stereocenters. The highest BCUT2D eigenvalue weighted by atomic mass is 32.2. The molecule has 9 heteroatoms. The van der Waals surface area contributed by atoms with E-state index in [1.165, 1.54) is 44.9 Å². The first-order valence-electron chi connectivity index (χ1n) is 8.83. The number of ether oxygens (including phenoxy) is 3. The summed E-state index contributed by atoms with van der Waals surface area (Å²) in [4.78, 5) is 26.1. The van der Waals surface area contributed by atoms with Gasteiger partial charge in [0.2, 0.25) is 11.7 Å². The minimum atomic E-state index is -0.231. The van der Waals surface area contributed by atoms with E-state index in [0.717, 1.165) is 0 Å². The molecule has 1 saturated heterocycles. The number of nitrogens with one attached hydrogen (secondary N) is 1. The maximum atomic E-state index is 13.0. The molecule has 0 unspecified atom stereocenters. The Morgan fingerprint density at radius 3 is 2.17 bits per heavy atom. The molecule has 2 aromatic rings. The number of carbonyl (C=O) groups excluding carboxylic acids is 2. The van der Waals surface area contributed by atoms with Crippen LogP contribution in [0.15, 0.2) is 41.3 Å². The van der Waals surface area contributed by atoms with Gasteiger partial charge < -0.3 is 19.5 Å². The number of anilines is 2. The van der Waals surface area contributed by atoms with E-state index in [1.807, 2.05) is 0 Å². The summed E-state index contributed by atoms with van der Waals surface area (Å²) in [6.07, 6.45) is 1.73. The highest BCUT2D eigenvalue weighted by Crippen LogP contribution is 2.41. The molecule has 1 fully saturated rings. The first kappa shape index (κ1) is 21.7. The number of thioether (sulfide) groups is 1. The van der Waals surface area contributed by atoms with Gasteiger partial charge in [0.05, 0.1) is 31.9 Å². The largest absolute Gasteiger partial charge is 0.493 e. The lowest BCUT2D eigenvalue weighted by Gasteiger charge is -2.15. The highest BCUT2D eigenvalue weighted by Gasteiger charge is 2.33. The fourth-order valence-corrected chi connectivity index (χ4v) is 4.22. The van der Waals surface area contributed by atoms with Gasteiger partial charge in [0.25, 0.3) is 5.91 Å². The molecule has 1 aliphatic heterocycles.